The molecule has 2 fully saturated rings. The first-order valence-electron chi connectivity index (χ1n) is 8.59. The Morgan fingerprint density at radius 3 is 2.72 bits per heavy atom. The molecular weight excluding hydrogens is 364 g/mol. The van der Waals surface area contributed by atoms with Gasteiger partial charge in [0.15, 0.2) is 0 Å². The molecule has 0 radical (unpaired) electrons. The van der Waals surface area contributed by atoms with E-state index in [1.807, 2.05) is 0 Å². The number of rotatable bonds is 4. The zero-order valence-corrected chi connectivity index (χ0v) is 15.6. The van der Waals surface area contributed by atoms with Gasteiger partial charge in [-0.1, -0.05) is 17.7 Å². The lowest BCUT2D eigenvalue weighted by molar-refractivity contribution is 0.0725. The summed E-state index contributed by atoms with van der Waals surface area (Å²) >= 11 is 5.95. The van der Waals surface area contributed by atoms with Gasteiger partial charge >= 0.3 is 0 Å². The maximum absolute atomic E-state index is 12.7. The third-order valence-corrected chi connectivity index (χ3v) is 6.89. The van der Waals surface area contributed by atoms with Crippen LogP contribution in [0.4, 0.5) is 0 Å². The van der Waals surface area contributed by atoms with Crippen LogP contribution < -0.4 is 4.72 Å². The average Bonchev–Trinajstić information content (AvgIpc) is 2.62. The van der Waals surface area contributed by atoms with Crippen molar-refractivity contribution in [1.82, 2.24) is 9.62 Å². The Morgan fingerprint density at radius 1 is 1.24 bits per heavy atom. The molecule has 2 saturated heterocycles. The van der Waals surface area contributed by atoms with Gasteiger partial charge < -0.3 is 9.64 Å². The van der Waals surface area contributed by atoms with Gasteiger partial charge in [0, 0.05) is 42.9 Å². The number of sulfonamides is 1. The Hall–Kier alpha value is -1.15. The molecule has 0 saturated carbocycles. The molecule has 2 aliphatic rings. The minimum absolute atomic E-state index is 0.0715. The van der Waals surface area contributed by atoms with E-state index in [1.165, 1.54) is 0 Å². The van der Waals surface area contributed by atoms with Crippen molar-refractivity contribution in [3.05, 3.63) is 34.9 Å². The Balaban J connectivity index is 1.66. The van der Waals surface area contributed by atoms with Crippen molar-refractivity contribution >= 4 is 27.5 Å². The second kappa shape index (κ2) is 8.03. The molecule has 0 aromatic heterocycles. The molecule has 0 spiro atoms. The molecule has 3 rings (SSSR count). The van der Waals surface area contributed by atoms with Gasteiger partial charge in [-0.2, -0.15) is 0 Å². The summed E-state index contributed by atoms with van der Waals surface area (Å²) in [6.07, 6.45) is 2.62. The van der Waals surface area contributed by atoms with Gasteiger partial charge in [-0.25, -0.2) is 13.1 Å². The fourth-order valence-corrected chi connectivity index (χ4v) is 5.26. The van der Waals surface area contributed by atoms with Gasteiger partial charge in [0.05, 0.1) is 5.25 Å². The second-order valence-electron chi connectivity index (χ2n) is 6.58. The smallest absolute Gasteiger partial charge is 0.253 e. The molecule has 25 heavy (non-hydrogen) atoms. The minimum atomic E-state index is -3.47. The summed E-state index contributed by atoms with van der Waals surface area (Å²) in [5.41, 5.74) is 0.489. The zero-order valence-electron chi connectivity index (χ0n) is 14.0. The van der Waals surface area contributed by atoms with Crippen LogP contribution in [0.3, 0.4) is 0 Å². The first-order chi connectivity index (χ1) is 12.0. The summed E-state index contributed by atoms with van der Waals surface area (Å²) in [5.74, 6) is -0.173. The molecule has 1 aromatic rings. The van der Waals surface area contributed by atoms with E-state index in [0.29, 0.717) is 56.0 Å². The molecule has 1 atom stereocenters. The summed E-state index contributed by atoms with van der Waals surface area (Å²) < 4.78 is 33.5. The molecule has 0 aliphatic carbocycles. The maximum Gasteiger partial charge on any atom is 0.253 e. The van der Waals surface area contributed by atoms with Gasteiger partial charge in [-0.15, -0.1) is 0 Å². The van der Waals surface area contributed by atoms with Crippen LogP contribution in [0.25, 0.3) is 0 Å². The predicted octanol–water partition coefficient (Wildman–Crippen LogP) is 2.04. The lowest BCUT2D eigenvalue weighted by Crippen LogP contribution is -2.51. The second-order valence-corrected chi connectivity index (χ2v) is 9.00. The highest BCUT2D eigenvalue weighted by atomic mass is 35.5. The quantitative estimate of drug-likeness (QED) is 0.859. The maximum atomic E-state index is 12.7. The fraction of sp³-hybridized carbons (Fsp3) is 0.588. The number of benzene rings is 1. The molecule has 1 amide bonds. The SMILES string of the molecule is O=C(c1cccc(Cl)c1)N1CCCC(S(=O)(=O)NC2CCOCC2)C1. The molecule has 138 valence electrons. The highest BCUT2D eigenvalue weighted by molar-refractivity contribution is 7.90. The van der Waals surface area contributed by atoms with Crippen molar-refractivity contribution in [2.24, 2.45) is 0 Å². The number of amides is 1. The van der Waals surface area contributed by atoms with Crippen LogP contribution >= 0.6 is 11.6 Å². The molecule has 2 aliphatic heterocycles. The fourth-order valence-electron chi connectivity index (χ4n) is 3.32. The Kier molecular flexibility index (Phi) is 5.99. The van der Waals surface area contributed by atoms with Gasteiger partial charge in [0.1, 0.15) is 0 Å². The first kappa shape index (κ1) is 18.6. The average molecular weight is 387 g/mol. The number of hydrogen-bond donors (Lipinski definition) is 1. The first-order valence-corrected chi connectivity index (χ1v) is 10.5. The lowest BCUT2D eigenvalue weighted by Gasteiger charge is -2.34. The van der Waals surface area contributed by atoms with Crippen molar-refractivity contribution in [2.45, 2.75) is 37.0 Å². The number of likely N-dealkylation sites (tertiary alicyclic amines) is 1. The molecule has 1 N–H and O–H groups in total. The topological polar surface area (TPSA) is 75.7 Å². The van der Waals surface area contributed by atoms with Crippen LogP contribution in [0, 0.1) is 0 Å². The Bertz CT molecular complexity index is 719. The number of piperidine rings is 1. The normalized spacial score (nSPS) is 22.8. The van der Waals surface area contributed by atoms with Gasteiger partial charge in [0.2, 0.25) is 10.0 Å². The van der Waals surface area contributed by atoms with Gasteiger partial charge in [-0.3, -0.25) is 4.79 Å². The van der Waals surface area contributed by atoms with E-state index in [4.69, 9.17) is 16.3 Å². The molecule has 1 unspecified atom stereocenters. The van der Waals surface area contributed by atoms with Crippen LogP contribution in [0.5, 0.6) is 0 Å². The number of carbonyl (C=O) groups is 1. The summed E-state index contributed by atoms with van der Waals surface area (Å²) in [7, 11) is -3.47. The number of carbonyl (C=O) groups excluding carboxylic acids is 1. The molecule has 0 bridgehead atoms. The number of nitrogens with one attached hydrogen (secondary N) is 1. The third kappa shape index (κ3) is 4.73. The zero-order chi connectivity index (χ0) is 17.9. The standard InChI is InChI=1S/C17H23ClN2O4S/c18-14-4-1-3-13(11-14)17(21)20-8-2-5-16(12-20)25(22,23)19-15-6-9-24-10-7-15/h1,3-4,11,15-16,19H,2,5-10,12H2. The predicted molar refractivity (Wildman–Crippen MR) is 96.3 cm³/mol. The van der Waals surface area contributed by atoms with Gasteiger partial charge in [-0.05, 0) is 43.9 Å². The molecule has 1 aromatic carbocycles. The van der Waals surface area contributed by atoms with E-state index in [9.17, 15) is 13.2 Å². The number of halogens is 1. The number of ether oxygens (including phenoxy) is 1. The highest BCUT2D eigenvalue weighted by Crippen LogP contribution is 2.21. The van der Waals surface area contributed by atoms with Crippen LogP contribution in [-0.2, 0) is 14.8 Å². The third-order valence-electron chi connectivity index (χ3n) is 4.73. The summed E-state index contributed by atoms with van der Waals surface area (Å²) in [5, 5.41) is -0.0829. The molecular formula is C17H23ClN2O4S. The molecule has 2 heterocycles. The highest BCUT2D eigenvalue weighted by Gasteiger charge is 2.34. The van der Waals surface area contributed by atoms with E-state index in [2.05, 4.69) is 4.72 Å². The van der Waals surface area contributed by atoms with E-state index in [-0.39, 0.29) is 18.5 Å². The van der Waals surface area contributed by atoms with Crippen LogP contribution in [0.15, 0.2) is 24.3 Å². The van der Waals surface area contributed by atoms with E-state index < -0.39 is 15.3 Å². The van der Waals surface area contributed by atoms with Crippen molar-refractivity contribution in [3.63, 3.8) is 0 Å². The molecule has 6 nitrogen and oxygen atoms in total. The molecule has 8 heteroatoms. The minimum Gasteiger partial charge on any atom is -0.381 e. The van der Waals surface area contributed by atoms with E-state index >= 15 is 0 Å². The van der Waals surface area contributed by atoms with Gasteiger partial charge in [0.25, 0.3) is 5.91 Å². The summed E-state index contributed by atoms with van der Waals surface area (Å²) in [4.78, 5) is 14.3. The van der Waals surface area contributed by atoms with Crippen molar-refractivity contribution in [1.29, 1.82) is 0 Å². The van der Waals surface area contributed by atoms with Crippen molar-refractivity contribution in [2.75, 3.05) is 26.3 Å². The number of nitrogens with zero attached hydrogens (tertiary/aromatic N) is 1. The van der Waals surface area contributed by atoms with E-state index in [1.54, 1.807) is 29.2 Å². The lowest BCUT2D eigenvalue weighted by atomic mass is 10.1. The number of hydrogen-bond acceptors (Lipinski definition) is 4. The Labute approximate surface area is 153 Å². The Morgan fingerprint density at radius 2 is 2.00 bits per heavy atom. The largest absolute Gasteiger partial charge is 0.381 e. The van der Waals surface area contributed by atoms with Crippen LogP contribution in [0.1, 0.15) is 36.0 Å². The van der Waals surface area contributed by atoms with E-state index in [0.717, 1.165) is 0 Å². The van der Waals surface area contributed by atoms with Crippen molar-refractivity contribution in [3.8, 4) is 0 Å². The van der Waals surface area contributed by atoms with Crippen LogP contribution in [-0.4, -0.2) is 56.8 Å². The van der Waals surface area contributed by atoms with Crippen molar-refractivity contribution < 1.29 is 17.9 Å². The van der Waals surface area contributed by atoms with Crippen LogP contribution in [0.2, 0.25) is 5.02 Å². The summed E-state index contributed by atoms with van der Waals surface area (Å²) in [6, 6.07) is 6.67. The monoisotopic (exact) mass is 386 g/mol. The summed E-state index contributed by atoms with van der Waals surface area (Å²) in [6.45, 7) is 1.94.